The monoisotopic (exact) mass is 244 g/mol. The fourth-order valence-electron chi connectivity index (χ4n) is 1.67. The summed E-state index contributed by atoms with van der Waals surface area (Å²) in [4.78, 5) is 10.8. The van der Waals surface area contributed by atoms with E-state index in [-0.39, 0.29) is 18.1 Å². The Morgan fingerprint density at radius 1 is 1.46 bits per heavy atom. The average Bonchev–Trinajstić information content (AvgIpc) is 2.35. The van der Waals surface area contributed by atoms with E-state index in [1.165, 1.54) is 0 Å². The summed E-state index contributed by atoms with van der Waals surface area (Å²) in [5, 5.41) is 0. The molecule has 0 unspecified atom stereocenters. The summed E-state index contributed by atoms with van der Waals surface area (Å²) < 4.78 is 25.5. The van der Waals surface area contributed by atoms with Gasteiger partial charge in [0.05, 0.1) is 12.2 Å². The van der Waals surface area contributed by atoms with Crippen LogP contribution in [-0.4, -0.2) is 29.9 Å². The number of fused-ring (bicyclic) bond motifs is 1. The molecule has 0 N–H and O–H groups in total. The summed E-state index contributed by atoms with van der Waals surface area (Å²) in [7, 11) is -3.55. The normalized spacial score (nSPS) is 40.0. The van der Waals surface area contributed by atoms with Crippen LogP contribution < -0.4 is 0 Å². The summed E-state index contributed by atoms with van der Waals surface area (Å²) in [5.41, 5.74) is 0. The molecular weight excluding hydrogens is 239 g/mol. The van der Waals surface area contributed by atoms with Crippen molar-refractivity contribution < 1.29 is 17.9 Å². The molecule has 7 heteroatoms. The van der Waals surface area contributed by atoms with Crippen LogP contribution >= 0.6 is 23.2 Å². The summed E-state index contributed by atoms with van der Waals surface area (Å²) in [6.45, 7) is 0. The zero-order valence-electron chi connectivity index (χ0n) is 6.37. The van der Waals surface area contributed by atoms with Crippen LogP contribution in [0.2, 0.25) is 0 Å². The minimum absolute atomic E-state index is 0.0884. The van der Waals surface area contributed by atoms with Gasteiger partial charge in [0.15, 0.2) is 15.9 Å². The third-order valence-corrected chi connectivity index (χ3v) is 6.06. The standard InChI is InChI=1S/C6H6Cl2O4S/c7-6(8)5-3(1-4(9)12-5)2-13(6,10)11/h3,5H,1-2H2/t3-,5-/m1/s1. The molecule has 0 bridgehead atoms. The van der Waals surface area contributed by atoms with E-state index >= 15 is 0 Å². The van der Waals surface area contributed by atoms with Gasteiger partial charge in [-0.3, -0.25) is 4.79 Å². The number of rotatable bonds is 0. The number of carbonyl (C=O) groups is 1. The molecule has 13 heavy (non-hydrogen) atoms. The van der Waals surface area contributed by atoms with Crippen molar-refractivity contribution in [3.8, 4) is 0 Å². The van der Waals surface area contributed by atoms with E-state index in [9.17, 15) is 13.2 Å². The average molecular weight is 245 g/mol. The summed E-state index contributed by atoms with van der Waals surface area (Å²) in [6.07, 6.45) is -0.807. The summed E-state index contributed by atoms with van der Waals surface area (Å²) >= 11 is 11.3. The topological polar surface area (TPSA) is 60.4 Å². The van der Waals surface area contributed by atoms with Gasteiger partial charge in [0.25, 0.3) is 3.67 Å². The Morgan fingerprint density at radius 3 is 2.62 bits per heavy atom. The van der Waals surface area contributed by atoms with Crippen molar-refractivity contribution in [1.29, 1.82) is 0 Å². The number of hydrogen-bond donors (Lipinski definition) is 0. The predicted octanol–water partition coefficient (Wildman–Crippen LogP) is 0.478. The smallest absolute Gasteiger partial charge is 0.306 e. The number of esters is 1. The molecule has 2 heterocycles. The van der Waals surface area contributed by atoms with Crippen LogP contribution in [0.1, 0.15) is 6.42 Å². The van der Waals surface area contributed by atoms with Crippen LogP contribution in [0.5, 0.6) is 0 Å². The maximum Gasteiger partial charge on any atom is 0.306 e. The maximum atomic E-state index is 11.3. The first-order valence-corrected chi connectivity index (χ1v) is 6.05. The Morgan fingerprint density at radius 2 is 2.08 bits per heavy atom. The van der Waals surface area contributed by atoms with Crippen LogP contribution in [-0.2, 0) is 19.4 Å². The molecule has 0 aliphatic carbocycles. The largest absolute Gasteiger partial charge is 0.458 e. The van der Waals surface area contributed by atoms with Crippen molar-refractivity contribution in [2.24, 2.45) is 5.92 Å². The van der Waals surface area contributed by atoms with Crippen molar-refractivity contribution in [3.05, 3.63) is 0 Å². The number of sulfone groups is 1. The van der Waals surface area contributed by atoms with Gasteiger partial charge in [-0.2, -0.15) is 0 Å². The molecular formula is C6H6Cl2O4S. The van der Waals surface area contributed by atoms with E-state index in [0.29, 0.717) is 0 Å². The Hall–Kier alpha value is -0.000000000000000111. The summed E-state index contributed by atoms with van der Waals surface area (Å²) in [5.74, 6) is -0.987. The molecule has 2 aliphatic rings. The first kappa shape index (κ1) is 9.55. The van der Waals surface area contributed by atoms with Crippen LogP contribution in [0.3, 0.4) is 0 Å². The number of hydrogen-bond acceptors (Lipinski definition) is 4. The van der Waals surface area contributed by atoms with E-state index in [1.807, 2.05) is 0 Å². The van der Waals surface area contributed by atoms with Gasteiger partial charge in [-0.1, -0.05) is 23.2 Å². The van der Waals surface area contributed by atoms with Crippen molar-refractivity contribution >= 4 is 39.0 Å². The fourth-order valence-corrected chi connectivity index (χ4v) is 4.16. The van der Waals surface area contributed by atoms with Crippen LogP contribution in [0.25, 0.3) is 0 Å². The SMILES string of the molecule is O=C1C[C@@H]2CS(=O)(=O)C(Cl)(Cl)[C@@H]2O1. The van der Waals surface area contributed by atoms with E-state index in [2.05, 4.69) is 0 Å². The zero-order chi connectivity index (χ0) is 9.85. The van der Waals surface area contributed by atoms with Crippen molar-refractivity contribution in [3.63, 3.8) is 0 Å². The third kappa shape index (κ3) is 1.17. The Bertz CT molecular complexity index is 361. The van der Waals surface area contributed by atoms with Gasteiger partial charge in [-0.25, -0.2) is 8.42 Å². The lowest BCUT2D eigenvalue weighted by Gasteiger charge is -2.17. The number of carbonyl (C=O) groups excluding carboxylic acids is 1. The Balaban J connectivity index is 2.42. The van der Waals surface area contributed by atoms with Crippen LogP contribution in [0, 0.1) is 5.92 Å². The highest BCUT2D eigenvalue weighted by Gasteiger charge is 2.63. The molecule has 2 rings (SSSR count). The highest BCUT2D eigenvalue weighted by molar-refractivity contribution is 7.96. The number of ether oxygens (including phenoxy) is 1. The van der Waals surface area contributed by atoms with Crippen molar-refractivity contribution in [2.45, 2.75) is 16.2 Å². The summed E-state index contributed by atoms with van der Waals surface area (Å²) in [6, 6.07) is 0. The predicted molar refractivity (Wildman–Crippen MR) is 46.2 cm³/mol. The van der Waals surface area contributed by atoms with Crippen LogP contribution in [0.15, 0.2) is 0 Å². The number of halogens is 2. The fraction of sp³-hybridized carbons (Fsp3) is 0.833. The zero-order valence-corrected chi connectivity index (χ0v) is 8.69. The second-order valence-electron chi connectivity index (χ2n) is 3.22. The lowest BCUT2D eigenvalue weighted by molar-refractivity contribution is -0.141. The molecule has 0 aromatic heterocycles. The molecule has 2 atom stereocenters. The minimum Gasteiger partial charge on any atom is -0.458 e. The minimum atomic E-state index is -3.55. The van der Waals surface area contributed by atoms with Gasteiger partial charge in [0.1, 0.15) is 0 Å². The highest BCUT2D eigenvalue weighted by atomic mass is 35.5. The van der Waals surface area contributed by atoms with E-state index in [4.69, 9.17) is 27.9 Å². The Kier molecular flexibility index (Phi) is 1.85. The molecule has 0 aromatic rings. The van der Waals surface area contributed by atoms with E-state index in [1.54, 1.807) is 0 Å². The first-order chi connectivity index (χ1) is 5.84. The third-order valence-electron chi connectivity index (χ3n) is 2.29. The molecule has 0 saturated carbocycles. The lowest BCUT2D eigenvalue weighted by atomic mass is 10.1. The molecule has 2 saturated heterocycles. The Labute approximate surface area is 85.1 Å². The molecule has 2 fully saturated rings. The van der Waals surface area contributed by atoms with Gasteiger partial charge < -0.3 is 4.74 Å². The molecule has 74 valence electrons. The van der Waals surface area contributed by atoms with E-state index < -0.39 is 25.6 Å². The van der Waals surface area contributed by atoms with Gasteiger partial charge in [0.2, 0.25) is 0 Å². The van der Waals surface area contributed by atoms with Gasteiger partial charge in [-0.05, 0) is 0 Å². The molecule has 4 nitrogen and oxygen atoms in total. The lowest BCUT2D eigenvalue weighted by Crippen LogP contribution is -2.33. The highest BCUT2D eigenvalue weighted by Crippen LogP contribution is 2.48. The van der Waals surface area contributed by atoms with Gasteiger partial charge in [-0.15, -0.1) is 0 Å². The number of alkyl halides is 2. The molecule has 2 aliphatic heterocycles. The molecule has 0 amide bonds. The first-order valence-electron chi connectivity index (χ1n) is 3.64. The second kappa shape index (κ2) is 2.52. The van der Waals surface area contributed by atoms with Gasteiger partial charge >= 0.3 is 5.97 Å². The molecule has 0 spiro atoms. The molecule has 0 radical (unpaired) electrons. The quantitative estimate of drug-likeness (QED) is 0.460. The van der Waals surface area contributed by atoms with E-state index in [0.717, 1.165) is 0 Å². The second-order valence-corrected chi connectivity index (χ2v) is 7.26. The van der Waals surface area contributed by atoms with Crippen LogP contribution in [0.4, 0.5) is 0 Å². The molecule has 0 aromatic carbocycles. The maximum absolute atomic E-state index is 11.3. The van der Waals surface area contributed by atoms with Crippen molar-refractivity contribution in [1.82, 2.24) is 0 Å². The van der Waals surface area contributed by atoms with Crippen molar-refractivity contribution in [2.75, 3.05) is 5.75 Å². The van der Waals surface area contributed by atoms with Gasteiger partial charge in [0, 0.05) is 5.92 Å².